The summed E-state index contributed by atoms with van der Waals surface area (Å²) in [5.74, 6) is -5.92. The smallest absolute Gasteiger partial charge is 0.410 e. The standard InChI is InChI=1S/C62H92F3N9O13/c1-13-39(6)55(46(85-11)33-51(78)73-32-20-23-45(73)57(86-12)40(7)58(81)68-41(8)56(80)43-21-16-14-17-22-43)71(9)52(79)35-67-60(83)54(38(4)5)72(10)61(84)87-36-42-25-27-44(28-26-42)69-48(75)34-66-59(82)53(37(2)3)70-47(62(63,64)65)24-18-15-19-31-74-49(76)29-30-50(74)77/h14,16-17,21-22,25-30,37-41,45-47,53-57,70,80H,13,15,18-20,23-24,31-36H2,1-12H3,(H,66,82)(H,67,83)(H,68,81)(H,69,75)/t39-,40+,41+,45-,46+,47?,53?,54?,55-,56+,57+/m0/s1. The summed E-state index contributed by atoms with van der Waals surface area (Å²) < 4.78 is 59.8. The predicted molar refractivity (Wildman–Crippen MR) is 319 cm³/mol. The summed E-state index contributed by atoms with van der Waals surface area (Å²) in [7, 11) is 5.96. The molecule has 0 aliphatic carbocycles. The van der Waals surface area contributed by atoms with Gasteiger partial charge in [0.2, 0.25) is 35.4 Å². The molecule has 2 aliphatic heterocycles. The molecule has 2 aromatic carbocycles. The van der Waals surface area contributed by atoms with Crippen LogP contribution in [0.5, 0.6) is 0 Å². The Bertz CT molecular complexity index is 2630. The fourth-order valence-electron chi connectivity index (χ4n) is 11.1. The third-order valence-electron chi connectivity index (χ3n) is 16.3. The van der Waals surface area contributed by atoms with E-state index in [1.165, 1.54) is 38.3 Å². The minimum atomic E-state index is -4.69. The van der Waals surface area contributed by atoms with Gasteiger partial charge in [-0.05, 0) is 73.6 Å². The van der Waals surface area contributed by atoms with Gasteiger partial charge in [0.25, 0.3) is 11.8 Å². The first-order valence-corrected chi connectivity index (χ1v) is 29.9. The molecule has 6 N–H and O–H groups in total. The van der Waals surface area contributed by atoms with Crippen molar-refractivity contribution in [2.45, 2.75) is 174 Å². The molecule has 484 valence electrons. The molecule has 1 fully saturated rings. The van der Waals surface area contributed by atoms with Crippen molar-refractivity contribution in [2.75, 3.05) is 59.8 Å². The monoisotopic (exact) mass is 1230 g/mol. The molecule has 25 heteroatoms. The molecule has 22 nitrogen and oxygen atoms in total. The maximum Gasteiger partial charge on any atom is 0.410 e. The average molecular weight is 1230 g/mol. The van der Waals surface area contributed by atoms with E-state index in [1.807, 2.05) is 32.0 Å². The van der Waals surface area contributed by atoms with Crippen LogP contribution in [0.3, 0.4) is 0 Å². The zero-order valence-electron chi connectivity index (χ0n) is 52.3. The molecule has 2 aliphatic rings. The van der Waals surface area contributed by atoms with E-state index < -0.39 is 133 Å². The zero-order valence-corrected chi connectivity index (χ0v) is 52.3. The van der Waals surface area contributed by atoms with Gasteiger partial charge in [-0.2, -0.15) is 13.2 Å². The number of imide groups is 1. The molecular weight excluding hydrogens is 1140 g/mol. The minimum absolute atomic E-state index is 0.0879. The van der Waals surface area contributed by atoms with Gasteiger partial charge in [0, 0.05) is 59.2 Å². The summed E-state index contributed by atoms with van der Waals surface area (Å²) in [4.78, 5) is 124. The zero-order chi connectivity index (χ0) is 64.9. The number of methoxy groups -OCH3 is 2. The molecule has 0 spiro atoms. The van der Waals surface area contributed by atoms with Gasteiger partial charge in [-0.15, -0.1) is 0 Å². The van der Waals surface area contributed by atoms with Crippen molar-refractivity contribution in [3.05, 3.63) is 77.9 Å². The summed E-state index contributed by atoms with van der Waals surface area (Å²) in [6, 6.07) is 9.16. The van der Waals surface area contributed by atoms with Gasteiger partial charge in [-0.25, -0.2) is 4.79 Å². The Morgan fingerprint density at radius 3 is 1.99 bits per heavy atom. The Balaban J connectivity index is 1.26. The van der Waals surface area contributed by atoms with E-state index >= 15 is 0 Å². The van der Waals surface area contributed by atoms with Crippen molar-refractivity contribution in [2.24, 2.45) is 23.7 Å². The van der Waals surface area contributed by atoms with Gasteiger partial charge < -0.3 is 50.4 Å². The van der Waals surface area contributed by atoms with E-state index in [1.54, 1.807) is 77.8 Å². The van der Waals surface area contributed by atoms with Crippen LogP contribution in [-0.4, -0.2) is 187 Å². The van der Waals surface area contributed by atoms with Gasteiger partial charge in [0.1, 0.15) is 18.7 Å². The summed E-state index contributed by atoms with van der Waals surface area (Å²) >= 11 is 0. The van der Waals surface area contributed by atoms with E-state index in [9.17, 15) is 61.4 Å². The Hall–Kier alpha value is -6.96. The number of halogens is 3. The Labute approximate surface area is 509 Å². The van der Waals surface area contributed by atoms with Crippen molar-refractivity contribution in [3.63, 3.8) is 0 Å². The lowest BCUT2D eigenvalue weighted by molar-refractivity contribution is -0.161. The van der Waals surface area contributed by atoms with E-state index in [0.29, 0.717) is 55.5 Å². The number of carbonyl (C=O) groups is 9. The molecule has 87 heavy (non-hydrogen) atoms. The highest BCUT2D eigenvalue weighted by molar-refractivity contribution is 6.12. The molecule has 3 unspecified atom stereocenters. The second-order valence-electron chi connectivity index (χ2n) is 23.3. The third-order valence-corrected chi connectivity index (χ3v) is 16.3. The number of aliphatic hydroxyl groups is 1. The van der Waals surface area contributed by atoms with Crippen LogP contribution in [0.15, 0.2) is 66.7 Å². The van der Waals surface area contributed by atoms with Crippen molar-refractivity contribution >= 4 is 59.0 Å². The number of anilines is 1. The second-order valence-corrected chi connectivity index (χ2v) is 23.3. The lowest BCUT2D eigenvalue weighted by Crippen LogP contribution is -2.56. The number of nitrogens with one attached hydrogen (secondary N) is 5. The number of carbonyl (C=O) groups excluding carboxylic acids is 9. The molecular formula is C62H92F3N9O13. The van der Waals surface area contributed by atoms with Gasteiger partial charge in [-0.1, -0.05) is 110 Å². The number of unbranched alkanes of at least 4 members (excludes halogenated alkanes) is 2. The number of ether oxygens (including phenoxy) is 3. The van der Waals surface area contributed by atoms with E-state index in [4.69, 9.17) is 14.2 Å². The number of amides is 9. The molecule has 11 atom stereocenters. The minimum Gasteiger partial charge on any atom is -0.445 e. The number of hydrogen-bond acceptors (Lipinski definition) is 14. The van der Waals surface area contributed by atoms with Crippen molar-refractivity contribution in [1.82, 2.24) is 40.9 Å². The van der Waals surface area contributed by atoms with Gasteiger partial charge >= 0.3 is 12.3 Å². The summed E-state index contributed by atoms with van der Waals surface area (Å²) in [6.45, 7) is 13.3. The van der Waals surface area contributed by atoms with Crippen LogP contribution in [0.4, 0.5) is 23.7 Å². The number of hydrogen-bond donors (Lipinski definition) is 6. The number of likely N-dealkylation sites (N-methyl/N-ethyl adjacent to an activating group) is 2. The highest BCUT2D eigenvalue weighted by Gasteiger charge is 2.44. The average Bonchev–Trinajstić information content (AvgIpc) is 3.11. The number of likely N-dealkylation sites (tertiary alicyclic amines) is 1. The first kappa shape index (κ1) is 72.5. The summed E-state index contributed by atoms with van der Waals surface area (Å²) in [6.07, 6.45) is -3.44. The quantitative estimate of drug-likeness (QED) is 0.0366. The molecule has 1 saturated heterocycles. The molecule has 2 heterocycles. The number of aliphatic hydroxyl groups excluding tert-OH is 1. The lowest BCUT2D eigenvalue weighted by atomic mass is 9.90. The molecule has 4 rings (SSSR count). The number of benzene rings is 2. The molecule has 0 bridgehead atoms. The van der Waals surface area contributed by atoms with Crippen molar-refractivity contribution < 1.29 is 75.6 Å². The summed E-state index contributed by atoms with van der Waals surface area (Å²) in [5, 5.41) is 23.9. The Kier molecular flexibility index (Phi) is 28.8. The lowest BCUT2D eigenvalue weighted by Gasteiger charge is -2.39. The first-order chi connectivity index (χ1) is 41.1. The van der Waals surface area contributed by atoms with E-state index in [2.05, 4.69) is 26.6 Å². The van der Waals surface area contributed by atoms with Crippen LogP contribution < -0.4 is 26.6 Å². The highest BCUT2D eigenvalue weighted by atomic mass is 19.4. The fourth-order valence-corrected chi connectivity index (χ4v) is 11.1. The SMILES string of the molecule is CC[C@H](C)[C@@H]([C@@H](CC(=O)N1CCC[C@H]1[C@H](OC)[C@@H](C)C(=O)N[C@H](C)[C@@H](O)c1ccccc1)OC)N(C)C(=O)CNC(=O)C(C(C)C)N(C)C(=O)OCc1ccc(NC(=O)CNC(=O)C(NC(CCCCCN2C(=O)C=CC2=O)C(F)(F)F)C(C)C)cc1. The van der Waals surface area contributed by atoms with Crippen molar-refractivity contribution in [1.29, 1.82) is 0 Å². The molecule has 9 amide bonds. The predicted octanol–water partition coefficient (Wildman–Crippen LogP) is 5.64. The topological polar surface area (TPSA) is 275 Å². The largest absolute Gasteiger partial charge is 0.445 e. The molecule has 0 aromatic heterocycles. The van der Waals surface area contributed by atoms with Crippen LogP contribution in [0.2, 0.25) is 0 Å². The Morgan fingerprint density at radius 1 is 0.782 bits per heavy atom. The van der Waals surface area contributed by atoms with Crippen molar-refractivity contribution in [3.8, 4) is 0 Å². The first-order valence-electron chi connectivity index (χ1n) is 29.9. The molecule has 0 saturated carbocycles. The second kappa shape index (κ2) is 34.5. The van der Waals surface area contributed by atoms with Crippen LogP contribution in [-0.2, 0) is 59.2 Å². The number of rotatable bonds is 34. The Morgan fingerprint density at radius 2 is 1.41 bits per heavy atom. The van der Waals surface area contributed by atoms with Crippen LogP contribution in [0.25, 0.3) is 0 Å². The maximum absolute atomic E-state index is 14.3. The fraction of sp³-hybridized carbons (Fsp3) is 0.629. The maximum atomic E-state index is 14.3. The van der Waals surface area contributed by atoms with E-state index in [-0.39, 0.29) is 50.1 Å². The molecule has 0 radical (unpaired) electrons. The van der Waals surface area contributed by atoms with Crippen LogP contribution >= 0.6 is 0 Å². The number of nitrogens with zero attached hydrogens (tertiary/aromatic N) is 4. The van der Waals surface area contributed by atoms with Gasteiger partial charge in [-0.3, -0.25) is 53.5 Å². The molecule has 2 aromatic rings. The summed E-state index contributed by atoms with van der Waals surface area (Å²) in [5.41, 5.74) is 1.48. The normalized spacial score (nSPS) is 17.8. The highest BCUT2D eigenvalue weighted by Crippen LogP contribution is 2.31. The van der Waals surface area contributed by atoms with Crippen LogP contribution in [0.1, 0.15) is 124 Å². The van der Waals surface area contributed by atoms with E-state index in [0.717, 1.165) is 22.0 Å². The van der Waals surface area contributed by atoms with Gasteiger partial charge in [0.05, 0.1) is 67.9 Å². The third kappa shape index (κ3) is 21.1. The van der Waals surface area contributed by atoms with Gasteiger partial charge in [0.15, 0.2) is 0 Å². The van der Waals surface area contributed by atoms with Crippen LogP contribution in [0, 0.1) is 23.7 Å². The number of alkyl halides is 3.